The number of hydrogen-bond donors (Lipinski definition) is 3. The third-order valence-corrected chi connectivity index (χ3v) is 5.26. The first-order valence-electron chi connectivity index (χ1n) is 8.93. The van der Waals surface area contributed by atoms with Gasteiger partial charge in [0.2, 0.25) is 0 Å². The number of benzene rings is 1. The molecule has 0 amide bonds. The summed E-state index contributed by atoms with van der Waals surface area (Å²) in [5.74, 6) is -0.660. The zero-order valence-corrected chi connectivity index (χ0v) is 15.9. The van der Waals surface area contributed by atoms with Gasteiger partial charge >= 0.3 is 14.7 Å². The molecule has 1 aliphatic rings. The second-order valence-electron chi connectivity index (χ2n) is 6.73. The molecule has 6 nitrogen and oxygen atoms in total. The third-order valence-electron chi connectivity index (χ3n) is 4.86. The number of aromatic carboxylic acids is 1. The highest BCUT2D eigenvalue weighted by Gasteiger charge is 2.28. The molecule has 0 saturated carbocycles. The molecule has 5 atom stereocenters. The van der Waals surface area contributed by atoms with Crippen molar-refractivity contribution in [1.82, 2.24) is 5.32 Å². The lowest BCUT2D eigenvalue weighted by Gasteiger charge is -2.26. The van der Waals surface area contributed by atoms with Crippen LogP contribution in [0.1, 0.15) is 54.6 Å². The van der Waals surface area contributed by atoms with Crippen molar-refractivity contribution < 1.29 is 24.1 Å². The monoisotopic (exact) mass is 380 g/mol. The fraction of sp³-hybridized carbons (Fsp3) is 0.526. The summed E-state index contributed by atoms with van der Waals surface area (Å²) in [5.41, 5.74) is 1.20. The van der Waals surface area contributed by atoms with Gasteiger partial charge in [-0.15, -0.1) is 4.52 Å². The van der Waals surface area contributed by atoms with E-state index in [0.29, 0.717) is 13.0 Å². The number of aliphatic hydroxyl groups is 1. The van der Waals surface area contributed by atoms with E-state index in [4.69, 9.17) is 9.63 Å². The van der Waals surface area contributed by atoms with Gasteiger partial charge in [0.15, 0.2) is 0 Å². The Balaban J connectivity index is 1.83. The molecule has 0 radical (unpaired) electrons. The SMILES string of the molecule is C[C@H](NC[C@@H](O)CC(O[PH+]=O)C1CC=CCC1)c1ccc(C(=O)O)cc1. The predicted molar refractivity (Wildman–Crippen MR) is 101 cm³/mol. The van der Waals surface area contributed by atoms with Crippen molar-refractivity contribution in [3.05, 3.63) is 47.5 Å². The number of nitrogens with one attached hydrogen (secondary N) is 1. The van der Waals surface area contributed by atoms with Crippen molar-refractivity contribution in [2.24, 2.45) is 5.92 Å². The van der Waals surface area contributed by atoms with E-state index < -0.39 is 20.8 Å². The van der Waals surface area contributed by atoms with E-state index in [1.54, 1.807) is 24.3 Å². The molecule has 1 aromatic carbocycles. The van der Waals surface area contributed by atoms with Gasteiger partial charge in [0, 0.05) is 19.0 Å². The van der Waals surface area contributed by atoms with Crippen molar-refractivity contribution in [1.29, 1.82) is 0 Å². The molecule has 3 N–H and O–H groups in total. The van der Waals surface area contributed by atoms with E-state index >= 15 is 0 Å². The number of carboxylic acids is 1. The second kappa shape index (κ2) is 10.5. The number of carbonyl (C=O) groups is 1. The van der Waals surface area contributed by atoms with E-state index in [9.17, 15) is 14.5 Å². The lowest BCUT2D eigenvalue weighted by atomic mass is 9.87. The number of carboxylic acid groups (broad SMARTS) is 1. The van der Waals surface area contributed by atoms with Crippen LogP contribution in [0.25, 0.3) is 0 Å². The highest BCUT2D eigenvalue weighted by molar-refractivity contribution is 7.17. The van der Waals surface area contributed by atoms with Crippen LogP contribution >= 0.6 is 8.69 Å². The summed E-state index contributed by atoms with van der Waals surface area (Å²) in [6.45, 7) is 2.34. The Bertz CT molecular complexity index is 619. The van der Waals surface area contributed by atoms with Gasteiger partial charge in [-0.05, 0) is 54.4 Å². The largest absolute Gasteiger partial charge is 0.494 e. The average molecular weight is 380 g/mol. The van der Waals surface area contributed by atoms with Crippen molar-refractivity contribution in [3.8, 4) is 0 Å². The van der Waals surface area contributed by atoms with Gasteiger partial charge in [0.1, 0.15) is 6.10 Å². The van der Waals surface area contributed by atoms with E-state index in [-0.39, 0.29) is 23.6 Å². The van der Waals surface area contributed by atoms with Gasteiger partial charge in [0.25, 0.3) is 0 Å². The highest BCUT2D eigenvalue weighted by atomic mass is 31.1. The zero-order valence-electron chi connectivity index (χ0n) is 14.9. The van der Waals surface area contributed by atoms with Gasteiger partial charge in [-0.2, -0.15) is 0 Å². The summed E-state index contributed by atoms with van der Waals surface area (Å²) in [4.78, 5) is 10.9. The molecule has 26 heavy (non-hydrogen) atoms. The minimum atomic E-state index is -0.949. The molecular weight excluding hydrogens is 353 g/mol. The van der Waals surface area contributed by atoms with Crippen molar-refractivity contribution in [3.63, 3.8) is 0 Å². The van der Waals surface area contributed by atoms with E-state index in [1.807, 2.05) is 6.92 Å². The Labute approximate surface area is 155 Å². The Morgan fingerprint density at radius 2 is 2.08 bits per heavy atom. The first-order valence-corrected chi connectivity index (χ1v) is 9.75. The highest BCUT2D eigenvalue weighted by Crippen LogP contribution is 2.28. The summed E-state index contributed by atoms with van der Waals surface area (Å²) in [6.07, 6.45) is 6.74. The Hall–Kier alpha value is -1.59. The maximum atomic E-state index is 10.9. The van der Waals surface area contributed by atoms with Crippen LogP contribution in [-0.4, -0.2) is 34.9 Å². The molecule has 3 unspecified atom stereocenters. The zero-order chi connectivity index (χ0) is 18.9. The number of hydrogen-bond acceptors (Lipinski definition) is 5. The van der Waals surface area contributed by atoms with Crippen LogP contribution in [0.2, 0.25) is 0 Å². The molecule has 0 spiro atoms. The van der Waals surface area contributed by atoms with Crippen LogP contribution in [0.5, 0.6) is 0 Å². The van der Waals surface area contributed by atoms with E-state index in [0.717, 1.165) is 24.8 Å². The molecule has 0 fully saturated rings. The van der Waals surface area contributed by atoms with Crippen LogP contribution in [0.3, 0.4) is 0 Å². The molecule has 2 rings (SSSR count). The average Bonchev–Trinajstić information content (AvgIpc) is 2.66. The third kappa shape index (κ3) is 6.29. The second-order valence-corrected chi connectivity index (χ2v) is 7.13. The fourth-order valence-electron chi connectivity index (χ4n) is 3.25. The van der Waals surface area contributed by atoms with E-state index in [1.165, 1.54) is 0 Å². The predicted octanol–water partition coefficient (Wildman–Crippen LogP) is 3.47. The Morgan fingerprint density at radius 1 is 1.35 bits per heavy atom. The van der Waals surface area contributed by atoms with Crippen LogP contribution in [0.15, 0.2) is 36.4 Å². The van der Waals surface area contributed by atoms with Gasteiger partial charge in [0.05, 0.1) is 11.7 Å². The summed E-state index contributed by atoms with van der Waals surface area (Å²) in [5, 5.41) is 22.5. The molecule has 7 heteroatoms. The van der Waals surface area contributed by atoms with Crippen LogP contribution in [0.4, 0.5) is 0 Å². The van der Waals surface area contributed by atoms with Crippen molar-refractivity contribution in [2.75, 3.05) is 6.54 Å². The number of rotatable bonds is 10. The summed E-state index contributed by atoms with van der Waals surface area (Å²) >= 11 is 0. The van der Waals surface area contributed by atoms with Gasteiger partial charge in [-0.25, -0.2) is 4.79 Å². The van der Waals surface area contributed by atoms with Crippen LogP contribution in [-0.2, 0) is 9.09 Å². The summed E-state index contributed by atoms with van der Waals surface area (Å²) in [6, 6.07) is 6.66. The molecule has 0 saturated heterocycles. The Morgan fingerprint density at radius 3 is 2.65 bits per heavy atom. The fourth-order valence-corrected chi connectivity index (χ4v) is 3.66. The normalized spacial score (nSPS) is 20.6. The van der Waals surface area contributed by atoms with Crippen molar-refractivity contribution in [2.45, 2.75) is 50.9 Å². The number of aliphatic hydroxyl groups excluding tert-OH is 1. The first kappa shape index (κ1) is 20.7. The Kier molecular flexibility index (Phi) is 8.39. The molecule has 1 aromatic rings. The minimum Gasteiger partial charge on any atom is -0.478 e. The van der Waals surface area contributed by atoms with E-state index in [2.05, 4.69) is 17.5 Å². The molecule has 1 aliphatic carbocycles. The molecule has 0 heterocycles. The quantitative estimate of drug-likeness (QED) is 0.425. The van der Waals surface area contributed by atoms with Gasteiger partial charge in [-0.1, -0.05) is 24.3 Å². The molecule has 142 valence electrons. The molecular formula is C19H27NO5P+. The summed E-state index contributed by atoms with van der Waals surface area (Å²) in [7, 11) is -0.820. The smallest absolute Gasteiger partial charge is 0.478 e. The maximum absolute atomic E-state index is 10.9. The van der Waals surface area contributed by atoms with Crippen molar-refractivity contribution >= 4 is 14.7 Å². The van der Waals surface area contributed by atoms with Crippen LogP contribution < -0.4 is 5.32 Å². The standard InChI is InChI=1S/C19H26NO5P/c1-13(14-7-9-16(10-8-14)19(22)23)20-12-17(21)11-18(25-26-24)15-5-3-2-4-6-15/h2-3,7-10,13,15,17-18,20-21,26H,4-6,11-12H2,1H3/p+1/t13-,15?,17-,18?/m0/s1. The van der Waals surface area contributed by atoms with Gasteiger partial charge in [-0.3, -0.25) is 0 Å². The topological polar surface area (TPSA) is 95.9 Å². The lowest BCUT2D eigenvalue weighted by Crippen LogP contribution is -2.34. The first-order chi connectivity index (χ1) is 12.5. The summed E-state index contributed by atoms with van der Waals surface area (Å²) < 4.78 is 16.3. The molecule has 0 aliphatic heterocycles. The maximum Gasteiger partial charge on any atom is 0.494 e. The molecule has 0 aromatic heterocycles. The lowest BCUT2D eigenvalue weighted by molar-refractivity contribution is 0.0638. The minimum absolute atomic E-state index is 0.0224. The van der Waals surface area contributed by atoms with Crippen LogP contribution in [0, 0.1) is 5.92 Å². The molecule has 0 bridgehead atoms. The van der Waals surface area contributed by atoms with Gasteiger partial charge < -0.3 is 15.5 Å². The number of allylic oxidation sites excluding steroid dienone is 2.